The Morgan fingerprint density at radius 3 is 2.65 bits per heavy atom. The van der Waals surface area contributed by atoms with Crippen molar-refractivity contribution in [3.05, 3.63) is 23.8 Å². The van der Waals surface area contributed by atoms with Gasteiger partial charge in [0.2, 0.25) is 0 Å². The molecule has 3 nitrogen and oxygen atoms in total. The first-order chi connectivity index (χ1) is 9.47. The Hall–Kier alpha value is -0.850. The molecule has 0 spiro atoms. The Balaban J connectivity index is 1.95. The van der Waals surface area contributed by atoms with Gasteiger partial charge in [-0.25, -0.2) is 8.78 Å². The third-order valence-electron chi connectivity index (χ3n) is 3.33. The molecule has 0 saturated carbocycles. The van der Waals surface area contributed by atoms with Gasteiger partial charge in [0.05, 0.1) is 17.6 Å². The molecule has 1 saturated heterocycles. The molecule has 20 heavy (non-hydrogen) atoms. The molecule has 1 heterocycles. The molecular weight excluding hydrogens is 282 g/mol. The SMILES string of the molecule is CC(C)N1CCOC(CSc2c(F)cc(N)cc2F)C1. The van der Waals surface area contributed by atoms with Crippen molar-refractivity contribution >= 4 is 17.4 Å². The molecule has 2 rings (SSSR count). The lowest BCUT2D eigenvalue weighted by Gasteiger charge is -2.35. The number of thioether (sulfide) groups is 1. The monoisotopic (exact) mass is 302 g/mol. The molecule has 1 atom stereocenters. The molecular formula is C14H20F2N2OS. The molecule has 0 radical (unpaired) electrons. The molecule has 1 aliphatic heterocycles. The molecule has 1 fully saturated rings. The van der Waals surface area contributed by atoms with Crippen LogP contribution in [0.4, 0.5) is 14.5 Å². The summed E-state index contributed by atoms with van der Waals surface area (Å²) in [4.78, 5) is 2.33. The first kappa shape index (κ1) is 15.5. The summed E-state index contributed by atoms with van der Waals surface area (Å²) < 4.78 is 33.0. The maximum atomic E-state index is 13.7. The summed E-state index contributed by atoms with van der Waals surface area (Å²) in [5, 5.41) is 0. The Morgan fingerprint density at radius 2 is 2.05 bits per heavy atom. The second kappa shape index (κ2) is 6.74. The highest BCUT2D eigenvalue weighted by molar-refractivity contribution is 7.99. The summed E-state index contributed by atoms with van der Waals surface area (Å²) in [6.07, 6.45) is -0.00694. The van der Waals surface area contributed by atoms with Crippen molar-refractivity contribution in [2.45, 2.75) is 30.9 Å². The zero-order chi connectivity index (χ0) is 14.7. The van der Waals surface area contributed by atoms with Crippen molar-refractivity contribution in [2.24, 2.45) is 0 Å². The Morgan fingerprint density at radius 1 is 1.40 bits per heavy atom. The van der Waals surface area contributed by atoms with E-state index in [4.69, 9.17) is 10.5 Å². The van der Waals surface area contributed by atoms with Crippen LogP contribution < -0.4 is 5.73 Å². The van der Waals surface area contributed by atoms with E-state index >= 15 is 0 Å². The van der Waals surface area contributed by atoms with Crippen LogP contribution in [0.15, 0.2) is 17.0 Å². The second-order valence-corrected chi connectivity index (χ2v) is 6.24. The molecule has 0 aliphatic carbocycles. The number of nitrogen functional groups attached to an aromatic ring is 1. The Bertz CT molecular complexity index is 447. The normalized spacial score (nSPS) is 20.6. The molecule has 1 unspecified atom stereocenters. The number of ether oxygens (including phenoxy) is 1. The molecule has 0 amide bonds. The average molecular weight is 302 g/mol. The largest absolute Gasteiger partial charge is 0.399 e. The number of anilines is 1. The standard InChI is InChI=1S/C14H20F2N2OS/c1-9(2)18-3-4-19-11(7-18)8-20-14-12(15)5-10(17)6-13(14)16/h5-6,9,11H,3-4,7-8,17H2,1-2H3. The van der Waals surface area contributed by atoms with Crippen molar-refractivity contribution in [3.63, 3.8) is 0 Å². The van der Waals surface area contributed by atoms with Crippen LogP contribution in [-0.4, -0.2) is 42.5 Å². The number of rotatable bonds is 4. The summed E-state index contributed by atoms with van der Waals surface area (Å²) in [5.41, 5.74) is 5.50. The number of hydrogen-bond donors (Lipinski definition) is 1. The van der Waals surface area contributed by atoms with Crippen LogP contribution in [0.5, 0.6) is 0 Å². The van der Waals surface area contributed by atoms with Crippen molar-refractivity contribution in [1.29, 1.82) is 0 Å². The van der Waals surface area contributed by atoms with Gasteiger partial charge < -0.3 is 10.5 Å². The van der Waals surface area contributed by atoms with E-state index in [9.17, 15) is 8.78 Å². The zero-order valence-corrected chi connectivity index (χ0v) is 12.6. The van der Waals surface area contributed by atoms with Crippen LogP contribution in [0.2, 0.25) is 0 Å². The number of benzene rings is 1. The van der Waals surface area contributed by atoms with E-state index in [1.165, 1.54) is 0 Å². The number of morpholine rings is 1. The molecule has 2 N–H and O–H groups in total. The van der Waals surface area contributed by atoms with E-state index < -0.39 is 11.6 Å². The smallest absolute Gasteiger partial charge is 0.141 e. The van der Waals surface area contributed by atoms with E-state index in [1.54, 1.807) is 0 Å². The number of halogens is 2. The fourth-order valence-corrected chi connectivity index (χ4v) is 3.15. The van der Waals surface area contributed by atoms with Crippen LogP contribution >= 0.6 is 11.8 Å². The van der Waals surface area contributed by atoms with Gasteiger partial charge in [-0.1, -0.05) is 0 Å². The minimum absolute atomic E-state index is 0.00694. The highest BCUT2D eigenvalue weighted by Crippen LogP contribution is 2.28. The summed E-state index contributed by atoms with van der Waals surface area (Å²) in [5.74, 6) is -0.686. The first-order valence-corrected chi connectivity index (χ1v) is 7.69. The fourth-order valence-electron chi connectivity index (χ4n) is 2.21. The van der Waals surface area contributed by atoms with Gasteiger partial charge in [-0.05, 0) is 26.0 Å². The van der Waals surface area contributed by atoms with Gasteiger partial charge in [0.1, 0.15) is 11.6 Å². The predicted molar refractivity (Wildman–Crippen MR) is 77.9 cm³/mol. The number of hydrogen-bond acceptors (Lipinski definition) is 4. The Kier molecular flexibility index (Phi) is 5.23. The summed E-state index contributed by atoms with van der Waals surface area (Å²) in [6.45, 7) is 6.63. The molecule has 0 aromatic heterocycles. The summed E-state index contributed by atoms with van der Waals surface area (Å²) in [6, 6.07) is 2.75. The van der Waals surface area contributed by atoms with E-state index in [0.29, 0.717) is 18.4 Å². The van der Waals surface area contributed by atoms with Crippen molar-refractivity contribution in [3.8, 4) is 0 Å². The highest BCUT2D eigenvalue weighted by atomic mass is 32.2. The lowest BCUT2D eigenvalue weighted by atomic mass is 10.2. The van der Waals surface area contributed by atoms with Gasteiger partial charge in [-0.3, -0.25) is 4.90 Å². The zero-order valence-electron chi connectivity index (χ0n) is 11.7. The molecule has 1 aromatic rings. The van der Waals surface area contributed by atoms with Gasteiger partial charge in [-0.15, -0.1) is 11.8 Å². The average Bonchev–Trinajstić information content (AvgIpc) is 2.37. The maximum Gasteiger partial charge on any atom is 0.141 e. The van der Waals surface area contributed by atoms with E-state index in [0.717, 1.165) is 37.0 Å². The minimum Gasteiger partial charge on any atom is -0.399 e. The lowest BCUT2D eigenvalue weighted by molar-refractivity contribution is -0.0265. The van der Waals surface area contributed by atoms with E-state index in [-0.39, 0.29) is 16.7 Å². The third kappa shape index (κ3) is 3.84. The van der Waals surface area contributed by atoms with Crippen LogP contribution in [-0.2, 0) is 4.74 Å². The van der Waals surface area contributed by atoms with Gasteiger partial charge in [-0.2, -0.15) is 0 Å². The van der Waals surface area contributed by atoms with Crippen molar-refractivity contribution in [1.82, 2.24) is 4.90 Å². The van der Waals surface area contributed by atoms with Gasteiger partial charge in [0.25, 0.3) is 0 Å². The first-order valence-electron chi connectivity index (χ1n) is 6.70. The third-order valence-corrected chi connectivity index (χ3v) is 4.55. The van der Waals surface area contributed by atoms with Crippen LogP contribution in [0.1, 0.15) is 13.8 Å². The molecule has 6 heteroatoms. The Labute approximate surface area is 122 Å². The predicted octanol–water partition coefficient (Wildman–Crippen LogP) is 2.75. The van der Waals surface area contributed by atoms with Crippen LogP contribution in [0, 0.1) is 11.6 Å². The van der Waals surface area contributed by atoms with Crippen molar-refractivity contribution in [2.75, 3.05) is 31.2 Å². The quantitative estimate of drug-likeness (QED) is 0.685. The lowest BCUT2D eigenvalue weighted by Crippen LogP contribution is -2.46. The second-order valence-electron chi connectivity index (χ2n) is 5.21. The van der Waals surface area contributed by atoms with Crippen molar-refractivity contribution < 1.29 is 13.5 Å². The maximum absolute atomic E-state index is 13.7. The van der Waals surface area contributed by atoms with Gasteiger partial charge >= 0.3 is 0 Å². The molecule has 112 valence electrons. The molecule has 1 aromatic carbocycles. The number of nitrogens with zero attached hydrogens (tertiary/aromatic N) is 1. The van der Waals surface area contributed by atoms with E-state index in [2.05, 4.69) is 18.7 Å². The van der Waals surface area contributed by atoms with Crippen LogP contribution in [0.25, 0.3) is 0 Å². The van der Waals surface area contributed by atoms with E-state index in [1.807, 2.05) is 0 Å². The number of nitrogens with two attached hydrogens (primary N) is 1. The van der Waals surface area contributed by atoms with Gasteiger partial charge in [0.15, 0.2) is 0 Å². The summed E-state index contributed by atoms with van der Waals surface area (Å²) in [7, 11) is 0. The fraction of sp³-hybridized carbons (Fsp3) is 0.571. The summed E-state index contributed by atoms with van der Waals surface area (Å²) >= 11 is 1.15. The highest BCUT2D eigenvalue weighted by Gasteiger charge is 2.23. The van der Waals surface area contributed by atoms with Crippen LogP contribution in [0.3, 0.4) is 0 Å². The minimum atomic E-state index is -0.607. The molecule has 0 bridgehead atoms. The topological polar surface area (TPSA) is 38.5 Å². The van der Waals surface area contributed by atoms with Gasteiger partial charge in [0, 0.05) is 30.6 Å². The molecule has 1 aliphatic rings.